The molecule has 0 heterocycles. The molecule has 0 aliphatic rings. The number of hydrogen-bond acceptors (Lipinski definition) is 8. The zero-order valence-corrected chi connectivity index (χ0v) is 37.3. The first-order chi connectivity index (χ1) is 19.8. The molecule has 4 atom stereocenters. The van der Waals surface area contributed by atoms with Crippen LogP contribution in [0.4, 0.5) is 0 Å². The maximum absolute atomic E-state index is 5.83. The normalized spacial score (nSPS) is 17.0. The minimum absolute atomic E-state index is 0. The molecule has 0 saturated carbocycles. The molecule has 0 spiro atoms. The van der Waals surface area contributed by atoms with Gasteiger partial charge in [0.25, 0.3) is 0 Å². The summed E-state index contributed by atoms with van der Waals surface area (Å²) in [5.41, 5.74) is -5.00. The van der Waals surface area contributed by atoms with E-state index >= 15 is 0 Å². The van der Waals surface area contributed by atoms with Gasteiger partial charge in [0.1, 0.15) is 0 Å². The van der Waals surface area contributed by atoms with Crippen molar-refractivity contribution in [1.82, 2.24) is 0 Å². The Labute approximate surface area is 303 Å². The van der Waals surface area contributed by atoms with Crippen molar-refractivity contribution >= 4 is 59.5 Å². The maximum atomic E-state index is 5.83. The fraction of sp³-hybridized carbons (Fsp3) is 1.00. The van der Waals surface area contributed by atoms with Gasteiger partial charge in [-0.25, -0.2) is 0 Å². The SMILES string of the molecule is CCCCCCC(C)OP(=S)([S-])OC(C)CCCCCC.CCCCCCC(C)OP(=S)([S-])OC(C)CCCCCC.[Zn+2]. The Bertz CT molecular complexity index is 590. The number of rotatable bonds is 28. The molecule has 0 aliphatic heterocycles. The molecule has 4 unspecified atom stereocenters. The molecule has 0 N–H and O–H groups in total. The quantitative estimate of drug-likeness (QED) is 0.0337. The van der Waals surface area contributed by atoms with Gasteiger partial charge in [-0.2, -0.15) is 0 Å². The van der Waals surface area contributed by atoms with Crippen LogP contribution < -0.4 is 0 Å². The second kappa shape index (κ2) is 33.0. The first-order valence-corrected chi connectivity index (χ1v) is 24.5. The summed E-state index contributed by atoms with van der Waals surface area (Å²) in [6.07, 6.45) is 24.6. The molecule has 0 saturated heterocycles. The molecule has 0 fully saturated rings. The van der Waals surface area contributed by atoms with Crippen LogP contribution in [-0.2, 0) is 85.7 Å². The Morgan fingerprint density at radius 2 is 0.605 bits per heavy atom. The van der Waals surface area contributed by atoms with Gasteiger partial charge in [0, 0.05) is 0 Å². The van der Waals surface area contributed by atoms with Crippen molar-refractivity contribution < 1.29 is 37.6 Å². The summed E-state index contributed by atoms with van der Waals surface area (Å²) in [5.74, 6) is 0. The Morgan fingerprint density at radius 3 is 0.767 bits per heavy atom. The molecule has 0 rings (SSSR count). The summed E-state index contributed by atoms with van der Waals surface area (Å²) >= 11 is 21.5. The molecule has 43 heavy (non-hydrogen) atoms. The molecule has 0 aromatic heterocycles. The van der Waals surface area contributed by atoms with Crippen LogP contribution in [0.5, 0.6) is 0 Å². The predicted molar refractivity (Wildman–Crippen MR) is 201 cm³/mol. The van der Waals surface area contributed by atoms with Crippen LogP contribution in [0.1, 0.15) is 184 Å². The van der Waals surface area contributed by atoms with Gasteiger partial charge in [-0.1, -0.05) is 154 Å². The van der Waals surface area contributed by atoms with E-state index in [0.717, 1.165) is 25.7 Å². The minimum Gasteiger partial charge on any atom is -0.691 e. The predicted octanol–water partition coefficient (Wildman–Crippen LogP) is 13.0. The van der Waals surface area contributed by atoms with Gasteiger partial charge < -0.3 is 42.6 Å². The molecule has 0 radical (unpaired) electrons. The van der Waals surface area contributed by atoms with Gasteiger partial charge in [-0.05, 0) is 53.4 Å². The van der Waals surface area contributed by atoms with E-state index < -0.39 is 11.4 Å². The van der Waals surface area contributed by atoms with Gasteiger partial charge in [0.15, 0.2) is 0 Å². The van der Waals surface area contributed by atoms with Crippen molar-refractivity contribution in [2.45, 2.75) is 208 Å². The average Bonchev–Trinajstić information content (AvgIpc) is 2.89. The van der Waals surface area contributed by atoms with E-state index in [9.17, 15) is 0 Å². The van der Waals surface area contributed by atoms with E-state index in [0.29, 0.717) is 0 Å². The van der Waals surface area contributed by atoms with Gasteiger partial charge in [-0.3, -0.25) is 0 Å². The molecule has 4 nitrogen and oxygen atoms in total. The van der Waals surface area contributed by atoms with Crippen LogP contribution in [0.15, 0.2) is 0 Å². The molecule has 11 heteroatoms. The largest absolute Gasteiger partial charge is 2.00 e. The van der Waals surface area contributed by atoms with Crippen molar-refractivity contribution in [3.8, 4) is 0 Å². The zero-order chi connectivity index (χ0) is 32.3. The average molecular weight is 772 g/mol. The third-order valence-electron chi connectivity index (χ3n) is 7.09. The summed E-state index contributed by atoms with van der Waals surface area (Å²) in [6, 6.07) is 0. The molecule has 0 aliphatic carbocycles. The molecular weight excluding hydrogens is 704 g/mol. The molecule has 0 aromatic rings. The summed E-state index contributed by atoms with van der Waals surface area (Å²) in [7, 11) is 0. The summed E-state index contributed by atoms with van der Waals surface area (Å²) in [4.78, 5) is 0. The maximum Gasteiger partial charge on any atom is 2.00 e. The van der Waals surface area contributed by atoms with E-state index in [1.54, 1.807) is 0 Å². The van der Waals surface area contributed by atoms with Gasteiger partial charge in [0.2, 0.25) is 0 Å². The van der Waals surface area contributed by atoms with E-state index in [2.05, 4.69) is 55.4 Å². The molecular formula is C32H68O4P2S4Zn. The van der Waals surface area contributed by atoms with Crippen molar-refractivity contribution in [2.75, 3.05) is 0 Å². The molecule has 0 aromatic carbocycles. The van der Waals surface area contributed by atoms with Crippen molar-refractivity contribution in [3.05, 3.63) is 0 Å². The summed E-state index contributed by atoms with van der Waals surface area (Å²) < 4.78 is 23.3. The first kappa shape index (κ1) is 49.8. The topological polar surface area (TPSA) is 36.9 Å². The van der Waals surface area contributed by atoms with Crippen LogP contribution >= 0.6 is 11.4 Å². The van der Waals surface area contributed by atoms with Crippen LogP contribution in [0.25, 0.3) is 0 Å². The van der Waals surface area contributed by atoms with Crippen LogP contribution in [0.2, 0.25) is 0 Å². The Hall–Kier alpha value is 2.46. The van der Waals surface area contributed by atoms with Crippen LogP contribution in [0, 0.1) is 0 Å². The fourth-order valence-electron chi connectivity index (χ4n) is 4.58. The van der Waals surface area contributed by atoms with E-state index in [4.69, 9.17) is 66.2 Å². The summed E-state index contributed by atoms with van der Waals surface area (Å²) in [6.45, 7) is 17.1. The third kappa shape index (κ3) is 37.1. The minimum atomic E-state index is -2.50. The fourth-order valence-corrected chi connectivity index (χ4v) is 10.4. The van der Waals surface area contributed by atoms with Crippen LogP contribution in [-0.4, -0.2) is 24.4 Å². The van der Waals surface area contributed by atoms with Crippen LogP contribution in [0.3, 0.4) is 0 Å². The number of unbranched alkanes of at least 4 members (excludes halogenated alkanes) is 12. The Morgan fingerprint density at radius 1 is 0.419 bits per heavy atom. The molecule has 0 bridgehead atoms. The standard InChI is InChI=1S/2C16H35O2PS2.Zn/c2*1-5-7-9-11-13-15(3)17-19(20,21)18-16(4)14-12-10-8-6-2;/h2*15-16H,5-14H2,1-4H3,(H,20,21);/q;;+2/p-2. The summed E-state index contributed by atoms with van der Waals surface area (Å²) in [5, 5.41) is 0. The van der Waals surface area contributed by atoms with Crippen molar-refractivity contribution in [1.29, 1.82) is 0 Å². The second-order valence-electron chi connectivity index (χ2n) is 12.0. The molecule has 256 valence electrons. The van der Waals surface area contributed by atoms with Crippen molar-refractivity contribution in [3.63, 3.8) is 0 Å². The van der Waals surface area contributed by atoms with Gasteiger partial charge >= 0.3 is 19.5 Å². The Balaban J connectivity index is -0.000000727. The molecule has 0 amide bonds. The Kier molecular flexibility index (Phi) is 38.2. The van der Waals surface area contributed by atoms with E-state index in [1.807, 2.05) is 0 Å². The van der Waals surface area contributed by atoms with E-state index in [1.165, 1.54) is 103 Å². The van der Waals surface area contributed by atoms with Gasteiger partial charge in [-0.15, -0.1) is 0 Å². The van der Waals surface area contributed by atoms with E-state index in [-0.39, 0.29) is 43.9 Å². The third-order valence-corrected chi connectivity index (χ3v) is 11.6. The first-order valence-electron chi connectivity index (χ1n) is 17.2. The van der Waals surface area contributed by atoms with Crippen molar-refractivity contribution in [2.24, 2.45) is 0 Å². The number of hydrogen-bond donors (Lipinski definition) is 0. The smallest absolute Gasteiger partial charge is 0.691 e. The zero-order valence-electron chi connectivity index (χ0n) is 29.3. The second-order valence-corrected chi connectivity index (χ2v) is 21.7. The van der Waals surface area contributed by atoms with Gasteiger partial charge in [0.05, 0.1) is 35.8 Å². The monoisotopic (exact) mass is 770 g/mol.